The summed E-state index contributed by atoms with van der Waals surface area (Å²) in [6, 6.07) is -0.498. The van der Waals surface area contributed by atoms with Crippen molar-refractivity contribution in [2.45, 2.75) is 33.2 Å². The van der Waals surface area contributed by atoms with Crippen LogP contribution in [0.1, 0.15) is 27.2 Å². The van der Waals surface area contributed by atoms with Crippen LogP contribution in [0.4, 0.5) is 4.79 Å². The molecule has 7 nitrogen and oxygen atoms in total. The third-order valence-corrected chi connectivity index (χ3v) is 2.64. The number of carboxylic acid groups (broad SMARTS) is 1. The number of hydrogen-bond acceptors (Lipinski definition) is 4. The Morgan fingerprint density at radius 2 is 1.84 bits per heavy atom. The van der Waals surface area contributed by atoms with Gasteiger partial charge in [-0.3, -0.25) is 9.59 Å². The van der Waals surface area contributed by atoms with Crippen molar-refractivity contribution in [1.82, 2.24) is 9.80 Å². The molecule has 0 rings (SSSR count). The maximum Gasteiger partial charge on any atom is 0.325 e. The summed E-state index contributed by atoms with van der Waals surface area (Å²) in [6.07, 6.45) is -0.125. The van der Waals surface area contributed by atoms with Crippen molar-refractivity contribution in [2.24, 2.45) is 0 Å². The van der Waals surface area contributed by atoms with Crippen LogP contribution in [-0.4, -0.2) is 65.7 Å². The molecule has 0 aliphatic carbocycles. The van der Waals surface area contributed by atoms with Crippen molar-refractivity contribution in [3.05, 3.63) is 0 Å². The van der Waals surface area contributed by atoms with Crippen LogP contribution in [0.5, 0.6) is 0 Å². The van der Waals surface area contributed by atoms with E-state index < -0.39 is 11.9 Å². The highest BCUT2D eigenvalue weighted by Crippen LogP contribution is 2.06. The predicted molar refractivity (Wildman–Crippen MR) is 68.8 cm³/mol. The van der Waals surface area contributed by atoms with Crippen LogP contribution in [0.15, 0.2) is 0 Å². The molecule has 0 aromatic carbocycles. The highest BCUT2D eigenvalue weighted by molar-refractivity contribution is 5.81. The zero-order valence-electron chi connectivity index (χ0n) is 11.9. The molecule has 0 aliphatic heterocycles. The summed E-state index contributed by atoms with van der Waals surface area (Å²) in [5.74, 6) is -1.47. The molecular weight excluding hydrogens is 252 g/mol. The first kappa shape index (κ1) is 17.2. The topological polar surface area (TPSA) is 87.2 Å². The van der Waals surface area contributed by atoms with Crippen LogP contribution in [0.25, 0.3) is 0 Å². The van der Waals surface area contributed by atoms with Crippen LogP contribution in [0, 0.1) is 0 Å². The van der Waals surface area contributed by atoms with Crippen molar-refractivity contribution >= 4 is 18.0 Å². The minimum absolute atomic E-state index is 0.115. The zero-order valence-corrected chi connectivity index (χ0v) is 11.9. The largest absolute Gasteiger partial charge is 0.481 e. The summed E-state index contributed by atoms with van der Waals surface area (Å²) in [5.41, 5.74) is 0. The second-order valence-corrected chi connectivity index (χ2v) is 4.30. The van der Waals surface area contributed by atoms with Gasteiger partial charge in [0.1, 0.15) is 6.54 Å². The lowest BCUT2D eigenvalue weighted by Gasteiger charge is -2.31. The molecule has 110 valence electrons. The zero-order chi connectivity index (χ0) is 15.0. The van der Waals surface area contributed by atoms with Crippen LogP contribution >= 0.6 is 0 Å². The Labute approximate surface area is 113 Å². The molecule has 0 spiro atoms. The molecule has 0 bridgehead atoms. The van der Waals surface area contributed by atoms with Gasteiger partial charge in [-0.1, -0.05) is 0 Å². The van der Waals surface area contributed by atoms with E-state index in [0.717, 1.165) is 0 Å². The fourth-order valence-electron chi connectivity index (χ4n) is 1.51. The molecule has 2 amide bonds. The number of amides is 2. The Balaban J connectivity index is 4.74. The molecule has 0 saturated heterocycles. The van der Waals surface area contributed by atoms with Crippen molar-refractivity contribution in [3.8, 4) is 0 Å². The van der Waals surface area contributed by atoms with Gasteiger partial charge in [0, 0.05) is 19.1 Å². The number of carbonyl (C=O) groups excluding carboxylic acids is 2. The maximum absolute atomic E-state index is 12.2. The molecule has 0 aromatic rings. The van der Waals surface area contributed by atoms with E-state index in [-0.39, 0.29) is 31.6 Å². The van der Waals surface area contributed by atoms with E-state index >= 15 is 0 Å². The molecular formula is C12H22N2O5. The Bertz CT molecular complexity index is 330. The Kier molecular flexibility index (Phi) is 7.55. The predicted octanol–water partition coefficient (Wildman–Crippen LogP) is 0.786. The smallest absolute Gasteiger partial charge is 0.325 e. The molecule has 0 aliphatic rings. The number of likely N-dealkylation sites (N-methyl/N-ethyl adjacent to an activating group) is 1. The van der Waals surface area contributed by atoms with E-state index in [1.165, 1.54) is 16.9 Å². The molecule has 0 radical (unpaired) electrons. The van der Waals surface area contributed by atoms with Crippen LogP contribution in [-0.2, 0) is 14.3 Å². The highest BCUT2D eigenvalue weighted by atomic mass is 16.5. The Morgan fingerprint density at radius 3 is 2.21 bits per heavy atom. The molecule has 0 unspecified atom stereocenters. The monoisotopic (exact) mass is 274 g/mol. The minimum atomic E-state index is -0.963. The molecule has 19 heavy (non-hydrogen) atoms. The number of aliphatic carboxylic acids is 1. The summed E-state index contributed by atoms with van der Waals surface area (Å²) < 4.78 is 4.53. The Morgan fingerprint density at radius 1 is 1.26 bits per heavy atom. The average molecular weight is 274 g/mol. The van der Waals surface area contributed by atoms with Gasteiger partial charge in [-0.2, -0.15) is 0 Å². The van der Waals surface area contributed by atoms with E-state index in [1.54, 1.807) is 20.8 Å². The van der Waals surface area contributed by atoms with Gasteiger partial charge in [0.05, 0.1) is 13.5 Å². The standard InChI is InChI=1S/C12H22N2O5/c1-5-13(8-11(17)19-4)12(18)14(9(2)3)7-6-10(15)16/h9H,5-8H2,1-4H3,(H,15,16). The quantitative estimate of drug-likeness (QED) is 0.693. The van der Waals surface area contributed by atoms with Crippen LogP contribution in [0.2, 0.25) is 0 Å². The number of esters is 1. The fourth-order valence-corrected chi connectivity index (χ4v) is 1.51. The number of methoxy groups -OCH3 is 1. The fraction of sp³-hybridized carbons (Fsp3) is 0.750. The first-order chi connectivity index (χ1) is 8.83. The van der Waals surface area contributed by atoms with Gasteiger partial charge < -0.3 is 19.6 Å². The van der Waals surface area contributed by atoms with Crippen molar-refractivity contribution < 1.29 is 24.2 Å². The van der Waals surface area contributed by atoms with E-state index in [9.17, 15) is 14.4 Å². The molecule has 0 heterocycles. The van der Waals surface area contributed by atoms with Gasteiger partial charge in [0.2, 0.25) is 0 Å². The second-order valence-electron chi connectivity index (χ2n) is 4.30. The first-order valence-electron chi connectivity index (χ1n) is 6.17. The summed E-state index contributed by atoms with van der Waals surface area (Å²) in [7, 11) is 1.26. The van der Waals surface area contributed by atoms with Crippen molar-refractivity contribution in [1.29, 1.82) is 0 Å². The lowest BCUT2D eigenvalue weighted by Crippen LogP contribution is -2.48. The molecule has 7 heteroatoms. The van der Waals surface area contributed by atoms with Crippen LogP contribution < -0.4 is 0 Å². The van der Waals surface area contributed by atoms with Gasteiger partial charge in [0.15, 0.2) is 0 Å². The maximum atomic E-state index is 12.2. The first-order valence-corrected chi connectivity index (χ1v) is 6.17. The number of hydrogen-bond donors (Lipinski definition) is 1. The molecule has 1 N–H and O–H groups in total. The molecule has 0 fully saturated rings. The number of ether oxygens (including phenoxy) is 1. The lowest BCUT2D eigenvalue weighted by atomic mass is 10.3. The summed E-state index contributed by atoms with van der Waals surface area (Å²) >= 11 is 0. The van der Waals surface area contributed by atoms with Gasteiger partial charge >= 0.3 is 18.0 Å². The number of rotatable bonds is 7. The minimum Gasteiger partial charge on any atom is -0.481 e. The number of carbonyl (C=O) groups is 3. The normalized spacial score (nSPS) is 10.2. The van der Waals surface area contributed by atoms with Gasteiger partial charge in [-0.15, -0.1) is 0 Å². The lowest BCUT2D eigenvalue weighted by molar-refractivity contribution is -0.141. The highest BCUT2D eigenvalue weighted by Gasteiger charge is 2.24. The number of nitrogens with zero attached hydrogens (tertiary/aromatic N) is 2. The summed E-state index contributed by atoms with van der Waals surface area (Å²) in [4.78, 5) is 36.8. The molecule has 0 aromatic heterocycles. The molecule has 0 atom stereocenters. The van der Waals surface area contributed by atoms with Crippen LogP contribution in [0.3, 0.4) is 0 Å². The van der Waals surface area contributed by atoms with E-state index in [1.807, 2.05) is 0 Å². The molecule has 0 saturated carbocycles. The van der Waals surface area contributed by atoms with Gasteiger partial charge in [0.25, 0.3) is 0 Å². The van der Waals surface area contributed by atoms with Crippen molar-refractivity contribution in [3.63, 3.8) is 0 Å². The third kappa shape index (κ3) is 6.08. The van der Waals surface area contributed by atoms with Gasteiger partial charge in [-0.05, 0) is 20.8 Å². The second kappa shape index (κ2) is 8.34. The average Bonchev–Trinajstić information content (AvgIpc) is 2.34. The van der Waals surface area contributed by atoms with E-state index in [2.05, 4.69) is 4.74 Å². The summed E-state index contributed by atoms with van der Waals surface area (Å²) in [5, 5.41) is 8.68. The number of urea groups is 1. The van der Waals surface area contributed by atoms with E-state index in [0.29, 0.717) is 6.54 Å². The van der Waals surface area contributed by atoms with E-state index in [4.69, 9.17) is 5.11 Å². The number of carboxylic acids is 1. The summed E-state index contributed by atoms with van der Waals surface area (Å²) in [6.45, 7) is 5.67. The third-order valence-electron chi connectivity index (χ3n) is 2.64. The van der Waals surface area contributed by atoms with Crippen molar-refractivity contribution in [2.75, 3.05) is 26.7 Å². The SMILES string of the molecule is CCN(CC(=O)OC)C(=O)N(CCC(=O)O)C(C)C. The Hall–Kier alpha value is -1.79. The van der Waals surface area contributed by atoms with Gasteiger partial charge in [-0.25, -0.2) is 4.79 Å².